The van der Waals surface area contributed by atoms with Gasteiger partial charge in [-0.25, -0.2) is 10.4 Å². The molecule has 0 unspecified atom stereocenters. The van der Waals surface area contributed by atoms with Crippen molar-refractivity contribution in [3.8, 4) is 0 Å². The molecule has 96 valence electrons. The molecule has 2 N–H and O–H groups in total. The summed E-state index contributed by atoms with van der Waals surface area (Å²) in [7, 11) is 0. The second kappa shape index (κ2) is 10.9. The summed E-state index contributed by atoms with van der Waals surface area (Å²) in [4.78, 5) is 10.5. The SMILES string of the molecule is CCCCCN(CCCCC)NCC(=O)O. The maximum absolute atomic E-state index is 10.5. The Morgan fingerprint density at radius 3 is 1.94 bits per heavy atom. The fraction of sp³-hybridized carbons (Fsp3) is 0.917. The number of carboxylic acids is 1. The molecular weight excluding hydrogens is 204 g/mol. The van der Waals surface area contributed by atoms with Gasteiger partial charge in [0, 0.05) is 13.1 Å². The zero-order chi connectivity index (χ0) is 12.2. The van der Waals surface area contributed by atoms with Gasteiger partial charge < -0.3 is 5.11 Å². The van der Waals surface area contributed by atoms with Crippen molar-refractivity contribution in [3.05, 3.63) is 0 Å². The van der Waals surface area contributed by atoms with Gasteiger partial charge in [0.15, 0.2) is 0 Å². The Balaban J connectivity index is 3.71. The summed E-state index contributed by atoms with van der Waals surface area (Å²) in [6, 6.07) is 0. The van der Waals surface area contributed by atoms with Crippen LogP contribution in [0.4, 0.5) is 0 Å². The van der Waals surface area contributed by atoms with Crippen LogP contribution in [0.3, 0.4) is 0 Å². The Bertz CT molecular complexity index is 164. The second-order valence-corrected chi connectivity index (χ2v) is 4.13. The standard InChI is InChI=1S/C12H26N2O2/c1-3-5-7-9-14(10-8-6-4-2)13-11-12(15)16/h13H,3-11H2,1-2H3,(H,15,16). The zero-order valence-electron chi connectivity index (χ0n) is 10.7. The Kier molecular flexibility index (Phi) is 10.5. The summed E-state index contributed by atoms with van der Waals surface area (Å²) in [6.07, 6.45) is 7.08. The van der Waals surface area contributed by atoms with Gasteiger partial charge in [-0.1, -0.05) is 39.5 Å². The third-order valence-electron chi connectivity index (χ3n) is 2.52. The Labute approximate surface area is 99.0 Å². The van der Waals surface area contributed by atoms with Gasteiger partial charge in [-0.05, 0) is 12.8 Å². The summed E-state index contributed by atoms with van der Waals surface area (Å²) >= 11 is 0. The van der Waals surface area contributed by atoms with Crippen LogP contribution in [0, 0.1) is 0 Å². The van der Waals surface area contributed by atoms with E-state index in [1.807, 2.05) is 0 Å². The van der Waals surface area contributed by atoms with E-state index in [0.717, 1.165) is 25.9 Å². The molecular formula is C12H26N2O2. The molecule has 0 amide bonds. The van der Waals surface area contributed by atoms with Crippen LogP contribution >= 0.6 is 0 Å². The Hall–Kier alpha value is -0.610. The Morgan fingerprint density at radius 1 is 1.06 bits per heavy atom. The van der Waals surface area contributed by atoms with Crippen molar-refractivity contribution in [1.29, 1.82) is 0 Å². The third-order valence-corrected chi connectivity index (χ3v) is 2.52. The molecule has 0 rings (SSSR count). The average Bonchev–Trinajstić information content (AvgIpc) is 2.25. The molecule has 0 aromatic rings. The topological polar surface area (TPSA) is 52.6 Å². The lowest BCUT2D eigenvalue weighted by Gasteiger charge is -2.22. The van der Waals surface area contributed by atoms with Crippen molar-refractivity contribution in [2.24, 2.45) is 0 Å². The van der Waals surface area contributed by atoms with Gasteiger partial charge in [-0.3, -0.25) is 4.79 Å². The van der Waals surface area contributed by atoms with Crippen molar-refractivity contribution in [2.75, 3.05) is 19.6 Å². The van der Waals surface area contributed by atoms with Crippen molar-refractivity contribution in [2.45, 2.75) is 52.4 Å². The number of unbranched alkanes of at least 4 members (excludes halogenated alkanes) is 4. The van der Waals surface area contributed by atoms with Crippen LogP contribution in [0.25, 0.3) is 0 Å². The molecule has 4 heteroatoms. The highest BCUT2D eigenvalue weighted by atomic mass is 16.4. The van der Waals surface area contributed by atoms with Crippen LogP contribution in [0.15, 0.2) is 0 Å². The van der Waals surface area contributed by atoms with E-state index in [9.17, 15) is 4.79 Å². The lowest BCUT2D eigenvalue weighted by atomic mass is 10.2. The number of hydrogen-bond acceptors (Lipinski definition) is 3. The quantitative estimate of drug-likeness (QED) is 0.422. The maximum atomic E-state index is 10.5. The molecule has 0 heterocycles. The minimum absolute atomic E-state index is 0.0260. The minimum Gasteiger partial charge on any atom is -0.480 e. The van der Waals surface area contributed by atoms with E-state index in [0.29, 0.717) is 0 Å². The fourth-order valence-corrected chi connectivity index (χ4v) is 1.55. The highest BCUT2D eigenvalue weighted by Crippen LogP contribution is 2.00. The van der Waals surface area contributed by atoms with Crippen molar-refractivity contribution < 1.29 is 9.90 Å². The highest BCUT2D eigenvalue weighted by molar-refractivity contribution is 5.68. The van der Waals surface area contributed by atoms with Crippen LogP contribution in [0.5, 0.6) is 0 Å². The molecule has 0 spiro atoms. The van der Waals surface area contributed by atoms with Crippen molar-refractivity contribution in [3.63, 3.8) is 0 Å². The largest absolute Gasteiger partial charge is 0.480 e. The molecule has 16 heavy (non-hydrogen) atoms. The number of nitrogens with zero attached hydrogens (tertiary/aromatic N) is 1. The predicted molar refractivity (Wildman–Crippen MR) is 66.3 cm³/mol. The molecule has 0 atom stereocenters. The summed E-state index contributed by atoms with van der Waals surface area (Å²) in [5.74, 6) is -0.795. The molecule has 0 aromatic heterocycles. The molecule has 0 aromatic carbocycles. The Morgan fingerprint density at radius 2 is 1.56 bits per heavy atom. The van der Waals surface area contributed by atoms with Gasteiger partial charge >= 0.3 is 5.97 Å². The number of hydrazine groups is 1. The van der Waals surface area contributed by atoms with E-state index < -0.39 is 5.97 Å². The molecule has 0 saturated carbocycles. The van der Waals surface area contributed by atoms with Crippen LogP contribution in [0.2, 0.25) is 0 Å². The van der Waals surface area contributed by atoms with Crippen LogP contribution < -0.4 is 5.43 Å². The first-order valence-electron chi connectivity index (χ1n) is 6.41. The minimum atomic E-state index is -0.795. The monoisotopic (exact) mass is 230 g/mol. The van der Waals surface area contributed by atoms with Gasteiger partial charge in [-0.15, -0.1) is 0 Å². The molecule has 0 fully saturated rings. The number of hydrogen-bond donors (Lipinski definition) is 2. The lowest BCUT2D eigenvalue weighted by molar-refractivity contribution is -0.137. The number of rotatable bonds is 11. The molecule has 0 radical (unpaired) electrons. The van der Waals surface area contributed by atoms with E-state index in [2.05, 4.69) is 24.3 Å². The fourth-order valence-electron chi connectivity index (χ4n) is 1.55. The first kappa shape index (κ1) is 15.4. The summed E-state index contributed by atoms with van der Waals surface area (Å²) in [5.41, 5.74) is 2.97. The second-order valence-electron chi connectivity index (χ2n) is 4.13. The van der Waals surface area contributed by atoms with Gasteiger partial charge in [-0.2, -0.15) is 0 Å². The van der Waals surface area contributed by atoms with Crippen molar-refractivity contribution in [1.82, 2.24) is 10.4 Å². The molecule has 0 bridgehead atoms. The smallest absolute Gasteiger partial charge is 0.318 e. The molecule has 4 nitrogen and oxygen atoms in total. The van der Waals surface area contributed by atoms with E-state index in [-0.39, 0.29) is 6.54 Å². The molecule has 0 saturated heterocycles. The van der Waals surface area contributed by atoms with Gasteiger partial charge in [0.05, 0.1) is 0 Å². The highest BCUT2D eigenvalue weighted by Gasteiger charge is 2.05. The molecule has 0 aliphatic heterocycles. The third kappa shape index (κ3) is 9.93. The van der Waals surface area contributed by atoms with E-state index in [4.69, 9.17) is 5.11 Å². The van der Waals surface area contributed by atoms with E-state index in [1.54, 1.807) is 0 Å². The van der Waals surface area contributed by atoms with Crippen LogP contribution in [0.1, 0.15) is 52.4 Å². The van der Waals surface area contributed by atoms with Crippen LogP contribution in [-0.2, 0) is 4.79 Å². The molecule has 0 aliphatic carbocycles. The van der Waals surface area contributed by atoms with Crippen molar-refractivity contribution >= 4 is 5.97 Å². The van der Waals surface area contributed by atoms with Gasteiger partial charge in [0.1, 0.15) is 6.54 Å². The summed E-state index contributed by atoms with van der Waals surface area (Å²) in [5, 5.41) is 10.7. The maximum Gasteiger partial charge on any atom is 0.318 e. The zero-order valence-corrected chi connectivity index (χ0v) is 10.7. The van der Waals surface area contributed by atoms with E-state index >= 15 is 0 Å². The number of nitrogens with one attached hydrogen (secondary N) is 1. The molecule has 0 aliphatic rings. The number of carboxylic acid groups (broad SMARTS) is 1. The normalized spacial score (nSPS) is 10.9. The van der Waals surface area contributed by atoms with Crippen LogP contribution in [-0.4, -0.2) is 35.7 Å². The summed E-state index contributed by atoms with van der Waals surface area (Å²) < 4.78 is 0. The summed E-state index contributed by atoms with van der Waals surface area (Å²) in [6.45, 7) is 6.27. The number of aliphatic carboxylic acids is 1. The first-order valence-corrected chi connectivity index (χ1v) is 6.41. The number of carbonyl (C=O) groups is 1. The lowest BCUT2D eigenvalue weighted by Crippen LogP contribution is -2.42. The van der Waals surface area contributed by atoms with Gasteiger partial charge in [0.2, 0.25) is 0 Å². The average molecular weight is 230 g/mol. The first-order chi connectivity index (χ1) is 7.70. The van der Waals surface area contributed by atoms with E-state index in [1.165, 1.54) is 25.7 Å². The van der Waals surface area contributed by atoms with Gasteiger partial charge in [0.25, 0.3) is 0 Å². The predicted octanol–water partition coefficient (Wildman–Crippen LogP) is 2.26.